The summed E-state index contributed by atoms with van der Waals surface area (Å²) in [6.45, 7) is 0. The molecular weight excluding hydrogens is 1770 g/mol. The fraction of sp³-hybridized carbons (Fsp3) is 0. The molecule has 0 saturated carbocycles. The first-order valence-corrected chi connectivity index (χ1v) is 49.5. The smallest absolute Gasteiger partial charge is 0.236 e. The zero-order chi connectivity index (χ0) is 94.2. The van der Waals surface area contributed by atoms with Crippen molar-refractivity contribution in [3.63, 3.8) is 0 Å². The molecule has 145 heavy (non-hydrogen) atoms. The Morgan fingerprint density at radius 3 is 1.06 bits per heavy atom. The van der Waals surface area contributed by atoms with Crippen LogP contribution in [0.2, 0.25) is 0 Å². The minimum atomic E-state index is 0.630. The summed E-state index contributed by atoms with van der Waals surface area (Å²) in [6, 6.07) is 158. The number of aromatic nitrogens is 13. The summed E-state index contributed by atoms with van der Waals surface area (Å²) in [4.78, 5) is 30.0. The van der Waals surface area contributed by atoms with Crippen LogP contribution >= 0.6 is 0 Å². The second-order valence-electron chi connectivity index (χ2n) is 38.7. The van der Waals surface area contributed by atoms with Crippen molar-refractivity contribution in [2.24, 2.45) is 0 Å². The molecule has 668 valence electrons. The SMILES string of the molecule is c1ccc(-n2c3ccccc3c3cc(-n4c5ccccc5c5cc6c7ccccc7n7c8c9ccccc9ccc8c(c54)c67)cnc32)cc1.c1ccc2cc(-c3nc(-c4ccc(-n5c6ccccc6c6cc7c8ccccc8n8c9c%10ccccc%10ccc9c(c65)c78)cc4)nc4ccccc34)ccc2c1.c1cnc2nc(-n3c4ccccc4c4cc5c6ccccc6n6c7c8ccccc8ccc7c(c43)c56)ncc2c1. The molecule has 0 saturated heterocycles. The van der Waals surface area contributed by atoms with Crippen molar-refractivity contribution >= 4 is 267 Å². The van der Waals surface area contributed by atoms with E-state index in [-0.39, 0.29) is 0 Å². The Hall–Kier alpha value is -19.8. The highest BCUT2D eigenvalue weighted by molar-refractivity contribution is 6.40. The summed E-state index contributed by atoms with van der Waals surface area (Å²) in [5.41, 5.74) is 28.3. The van der Waals surface area contributed by atoms with Gasteiger partial charge in [-0.2, -0.15) is 4.98 Å². The molecule has 0 unspecified atom stereocenters. The maximum absolute atomic E-state index is 5.26. The zero-order valence-corrected chi connectivity index (χ0v) is 77.6. The fourth-order valence-electron chi connectivity index (χ4n) is 25.3. The Bertz CT molecular complexity index is 11800. The van der Waals surface area contributed by atoms with Crippen LogP contribution in [0.25, 0.3) is 312 Å². The molecule has 0 atom stereocenters. The fourth-order valence-corrected chi connectivity index (χ4v) is 25.3. The third kappa shape index (κ3) is 10.8. The van der Waals surface area contributed by atoms with E-state index in [9.17, 15) is 0 Å². The Balaban J connectivity index is 0.0000000966. The standard InChI is InChI=1S/C52H30N4.C45H26N4.C35H19N5/c1-2-13-34-29-35(22-21-31(34)11-1)48-40-17-5-8-18-44(40)53-52(54-48)33-23-26-36(27-24-33)55-45-19-9-6-15-38(45)42-30-43-39-16-7-10-20-46(39)56-49-37-14-4-3-12-32(37)25-28-41(49)47(50(42)55)51(43)56;1-2-13-28(14-3-1)48-39-20-10-8-18-33(39)37-24-29(26-46-45(37)48)47-38-19-9-6-16-31(38)35-25-36-32-17-7-11-21-40(32)49-42-30-15-5-4-12-27(30)22-23-34(42)41(43(35)47)44(36)49;1-2-10-22-20(8-1)15-16-25-30-32-26(23-11-3-5-13-28(23)39(32)31(22)25)18-27-24-12-4-6-14-29(24)40(33(27)30)35-37-19-21-9-7-17-36-34(21)38-35/h1-30H;1-26H;1-19H. The lowest BCUT2D eigenvalue weighted by Gasteiger charge is -2.12. The molecule has 0 aliphatic carbocycles. The zero-order valence-electron chi connectivity index (χ0n) is 77.6. The van der Waals surface area contributed by atoms with E-state index in [1.165, 1.54) is 217 Å². The summed E-state index contributed by atoms with van der Waals surface area (Å²) in [5, 5.41) is 36.9. The predicted molar refractivity (Wildman–Crippen MR) is 603 cm³/mol. The van der Waals surface area contributed by atoms with Gasteiger partial charge in [-0.15, -0.1) is 0 Å². The van der Waals surface area contributed by atoms with Gasteiger partial charge in [-0.3, -0.25) is 9.13 Å². The highest BCUT2D eigenvalue weighted by Gasteiger charge is 2.32. The number of pyridine rings is 2. The van der Waals surface area contributed by atoms with Crippen LogP contribution in [-0.4, -0.2) is 61.4 Å². The number of nitrogens with zero attached hydrogens (tertiary/aromatic N) is 13. The van der Waals surface area contributed by atoms with Crippen molar-refractivity contribution < 1.29 is 0 Å². The van der Waals surface area contributed by atoms with E-state index in [1.807, 2.05) is 18.3 Å². The molecule has 0 N–H and O–H groups in total. The number of fused-ring (bicyclic) bond motifs is 42. The normalized spacial score (nSPS) is 12.4. The molecule has 0 aliphatic heterocycles. The first-order chi connectivity index (χ1) is 72.0. The molecule has 0 aliphatic rings. The van der Waals surface area contributed by atoms with Crippen molar-refractivity contribution in [1.82, 2.24) is 61.4 Å². The van der Waals surface area contributed by atoms with Crippen LogP contribution in [0, 0.1) is 0 Å². The molecule has 0 bridgehead atoms. The lowest BCUT2D eigenvalue weighted by molar-refractivity contribution is 1.00. The van der Waals surface area contributed by atoms with E-state index in [1.54, 1.807) is 6.20 Å². The Morgan fingerprint density at radius 2 is 0.552 bits per heavy atom. The van der Waals surface area contributed by atoms with Crippen LogP contribution in [0.15, 0.2) is 455 Å². The van der Waals surface area contributed by atoms with Gasteiger partial charge in [-0.05, 0) is 154 Å². The second-order valence-corrected chi connectivity index (χ2v) is 38.7. The van der Waals surface area contributed by atoms with E-state index in [0.717, 1.165) is 77.8 Å². The van der Waals surface area contributed by atoms with E-state index >= 15 is 0 Å². The van der Waals surface area contributed by atoms with Crippen molar-refractivity contribution in [2.45, 2.75) is 0 Å². The van der Waals surface area contributed by atoms with Gasteiger partial charge in [-0.1, -0.05) is 309 Å². The van der Waals surface area contributed by atoms with Gasteiger partial charge in [0, 0.05) is 170 Å². The molecule has 35 aromatic rings. The van der Waals surface area contributed by atoms with Gasteiger partial charge >= 0.3 is 0 Å². The van der Waals surface area contributed by atoms with E-state index in [4.69, 9.17) is 24.9 Å². The quantitative estimate of drug-likeness (QED) is 0.164. The number of benzene rings is 21. The average molecular weight is 1840 g/mol. The van der Waals surface area contributed by atoms with Gasteiger partial charge in [0.2, 0.25) is 5.95 Å². The molecule has 0 radical (unpaired) electrons. The number of rotatable bonds is 6. The molecule has 0 spiro atoms. The van der Waals surface area contributed by atoms with Crippen LogP contribution in [0.3, 0.4) is 0 Å². The summed E-state index contributed by atoms with van der Waals surface area (Å²) < 4.78 is 17.0. The molecule has 13 nitrogen and oxygen atoms in total. The van der Waals surface area contributed by atoms with Crippen LogP contribution in [0.5, 0.6) is 0 Å². The van der Waals surface area contributed by atoms with Crippen LogP contribution in [-0.2, 0) is 0 Å². The van der Waals surface area contributed by atoms with Crippen LogP contribution in [0.1, 0.15) is 0 Å². The lowest BCUT2D eigenvalue weighted by Crippen LogP contribution is -2.01. The van der Waals surface area contributed by atoms with Gasteiger partial charge in [0.1, 0.15) is 5.65 Å². The molecule has 21 aromatic carbocycles. The van der Waals surface area contributed by atoms with Gasteiger partial charge in [0.25, 0.3) is 0 Å². The molecule has 13 heteroatoms. The monoisotopic (exact) mass is 1840 g/mol. The Labute approximate surface area is 823 Å². The van der Waals surface area contributed by atoms with Crippen LogP contribution in [0.4, 0.5) is 0 Å². The summed E-state index contributed by atoms with van der Waals surface area (Å²) in [6.07, 6.45) is 5.73. The van der Waals surface area contributed by atoms with E-state index in [0.29, 0.717) is 17.4 Å². The summed E-state index contributed by atoms with van der Waals surface area (Å²) >= 11 is 0. The molecule has 0 amide bonds. The highest BCUT2D eigenvalue weighted by Crippen LogP contribution is 2.54. The van der Waals surface area contributed by atoms with E-state index in [2.05, 4.69) is 467 Å². The molecule has 14 aromatic heterocycles. The average Bonchev–Trinajstić information content (AvgIpc) is 1.51. The van der Waals surface area contributed by atoms with Gasteiger partial charge < -0.3 is 22.3 Å². The maximum Gasteiger partial charge on any atom is 0.236 e. The van der Waals surface area contributed by atoms with Crippen LogP contribution < -0.4 is 0 Å². The van der Waals surface area contributed by atoms with Crippen molar-refractivity contribution in [2.75, 3.05) is 0 Å². The molecule has 35 rings (SSSR count). The van der Waals surface area contributed by atoms with E-state index < -0.39 is 0 Å². The van der Waals surface area contributed by atoms with Gasteiger partial charge in [-0.25, -0.2) is 24.9 Å². The second kappa shape index (κ2) is 29.4. The van der Waals surface area contributed by atoms with Crippen molar-refractivity contribution in [3.8, 4) is 45.7 Å². The van der Waals surface area contributed by atoms with Crippen molar-refractivity contribution in [3.05, 3.63) is 455 Å². The third-order valence-corrected chi connectivity index (χ3v) is 31.3. The Kier molecular flexibility index (Phi) is 15.9. The molecular formula is C132H75N13. The number of hydrogen-bond donors (Lipinski definition) is 0. The molecule has 14 heterocycles. The summed E-state index contributed by atoms with van der Waals surface area (Å²) in [7, 11) is 0. The predicted octanol–water partition coefficient (Wildman–Crippen LogP) is 33.5. The van der Waals surface area contributed by atoms with Crippen molar-refractivity contribution in [1.29, 1.82) is 0 Å². The maximum atomic E-state index is 5.26. The summed E-state index contributed by atoms with van der Waals surface area (Å²) in [5.74, 6) is 1.34. The lowest BCUT2D eigenvalue weighted by atomic mass is 10.0. The Morgan fingerprint density at radius 1 is 0.179 bits per heavy atom. The minimum absolute atomic E-state index is 0.630. The topological polar surface area (TPSA) is 110 Å². The number of hydrogen-bond acceptors (Lipinski definition) is 6. The highest BCUT2D eigenvalue weighted by atomic mass is 15.2. The minimum Gasteiger partial charge on any atom is -0.309 e. The first kappa shape index (κ1) is 78.2. The largest absolute Gasteiger partial charge is 0.309 e. The number of para-hydroxylation sites is 9. The third-order valence-electron chi connectivity index (χ3n) is 31.3. The van der Waals surface area contributed by atoms with Gasteiger partial charge in [0.15, 0.2) is 11.5 Å². The van der Waals surface area contributed by atoms with Gasteiger partial charge in [0.05, 0.1) is 111 Å². The molecule has 0 fully saturated rings. The first-order valence-electron chi connectivity index (χ1n) is 49.5.